The minimum Gasteiger partial charge on any atom is -0.306 e. The van der Waals surface area contributed by atoms with Crippen molar-refractivity contribution in [2.24, 2.45) is 0 Å². The SMILES string of the molecule is CSCCCC1NCc2ccccc21. The first-order chi connectivity index (χ1) is 6.92. The lowest BCUT2D eigenvalue weighted by Crippen LogP contribution is -2.11. The van der Waals surface area contributed by atoms with Crippen molar-refractivity contribution >= 4 is 11.8 Å². The molecule has 0 saturated carbocycles. The summed E-state index contributed by atoms with van der Waals surface area (Å²) >= 11 is 1.94. The lowest BCUT2D eigenvalue weighted by Gasteiger charge is -2.10. The first-order valence-electron chi connectivity index (χ1n) is 5.22. The maximum Gasteiger partial charge on any atom is 0.0326 e. The predicted molar refractivity (Wildman–Crippen MR) is 63.6 cm³/mol. The molecule has 1 nitrogen and oxygen atoms in total. The minimum atomic E-state index is 0.610. The second-order valence-corrected chi connectivity index (χ2v) is 4.75. The van der Waals surface area contributed by atoms with E-state index in [1.54, 1.807) is 0 Å². The summed E-state index contributed by atoms with van der Waals surface area (Å²) in [5.74, 6) is 1.28. The molecule has 0 spiro atoms. The first-order valence-corrected chi connectivity index (χ1v) is 6.61. The minimum absolute atomic E-state index is 0.610. The zero-order valence-electron chi connectivity index (χ0n) is 8.62. The molecule has 1 unspecified atom stereocenters. The molecule has 1 aromatic rings. The van der Waals surface area contributed by atoms with Gasteiger partial charge in [0.15, 0.2) is 0 Å². The molecule has 1 aromatic carbocycles. The van der Waals surface area contributed by atoms with E-state index in [0.717, 1.165) is 6.54 Å². The third-order valence-electron chi connectivity index (χ3n) is 2.81. The number of benzene rings is 1. The van der Waals surface area contributed by atoms with Crippen molar-refractivity contribution in [3.8, 4) is 0 Å². The lowest BCUT2D eigenvalue weighted by atomic mass is 10.0. The average molecular weight is 207 g/mol. The van der Waals surface area contributed by atoms with Crippen LogP contribution >= 0.6 is 11.8 Å². The van der Waals surface area contributed by atoms with Crippen LogP contribution in [0.5, 0.6) is 0 Å². The van der Waals surface area contributed by atoms with E-state index in [0.29, 0.717) is 6.04 Å². The quantitative estimate of drug-likeness (QED) is 0.762. The number of fused-ring (bicyclic) bond motifs is 1. The summed E-state index contributed by atoms with van der Waals surface area (Å²) in [6, 6.07) is 9.38. The highest BCUT2D eigenvalue weighted by Crippen LogP contribution is 2.28. The normalized spacial score (nSPS) is 19.6. The second-order valence-electron chi connectivity index (χ2n) is 3.77. The van der Waals surface area contributed by atoms with E-state index in [2.05, 4.69) is 35.8 Å². The Morgan fingerprint density at radius 2 is 2.29 bits per heavy atom. The largest absolute Gasteiger partial charge is 0.306 e. The average Bonchev–Trinajstić information content (AvgIpc) is 2.63. The molecular formula is C12H17NS. The van der Waals surface area contributed by atoms with Crippen LogP contribution in [-0.4, -0.2) is 12.0 Å². The lowest BCUT2D eigenvalue weighted by molar-refractivity contribution is 0.537. The van der Waals surface area contributed by atoms with Crippen molar-refractivity contribution in [1.29, 1.82) is 0 Å². The van der Waals surface area contributed by atoms with E-state index in [4.69, 9.17) is 0 Å². The zero-order chi connectivity index (χ0) is 9.80. The Bertz CT molecular complexity index is 298. The van der Waals surface area contributed by atoms with Crippen LogP contribution in [0.3, 0.4) is 0 Å². The molecule has 1 aliphatic heterocycles. The molecule has 1 heterocycles. The summed E-state index contributed by atoms with van der Waals surface area (Å²) < 4.78 is 0. The van der Waals surface area contributed by atoms with Crippen LogP contribution < -0.4 is 5.32 Å². The number of rotatable bonds is 4. The Kier molecular flexibility index (Phi) is 3.49. The molecule has 1 aliphatic rings. The van der Waals surface area contributed by atoms with Crippen LogP contribution in [0.25, 0.3) is 0 Å². The van der Waals surface area contributed by atoms with Crippen molar-refractivity contribution in [3.05, 3.63) is 35.4 Å². The third-order valence-corrected chi connectivity index (χ3v) is 3.51. The van der Waals surface area contributed by atoms with Gasteiger partial charge in [-0.05, 0) is 36.0 Å². The highest BCUT2D eigenvalue weighted by molar-refractivity contribution is 7.98. The highest BCUT2D eigenvalue weighted by atomic mass is 32.2. The van der Waals surface area contributed by atoms with Crippen LogP contribution in [0.15, 0.2) is 24.3 Å². The van der Waals surface area contributed by atoms with Gasteiger partial charge in [-0.15, -0.1) is 0 Å². The second kappa shape index (κ2) is 4.85. The van der Waals surface area contributed by atoms with Gasteiger partial charge in [-0.2, -0.15) is 11.8 Å². The molecule has 0 fully saturated rings. The molecule has 0 aromatic heterocycles. The molecule has 1 atom stereocenters. The Morgan fingerprint density at radius 1 is 1.43 bits per heavy atom. The van der Waals surface area contributed by atoms with Gasteiger partial charge in [-0.1, -0.05) is 24.3 Å². The molecule has 0 saturated heterocycles. The van der Waals surface area contributed by atoms with Crippen molar-refractivity contribution < 1.29 is 0 Å². The number of nitrogens with one attached hydrogen (secondary N) is 1. The summed E-state index contributed by atoms with van der Waals surface area (Å²) in [4.78, 5) is 0. The van der Waals surface area contributed by atoms with E-state index in [-0.39, 0.29) is 0 Å². The van der Waals surface area contributed by atoms with Crippen LogP contribution in [0.1, 0.15) is 30.0 Å². The van der Waals surface area contributed by atoms with Gasteiger partial charge in [-0.25, -0.2) is 0 Å². The van der Waals surface area contributed by atoms with Crippen LogP contribution in [0.2, 0.25) is 0 Å². The predicted octanol–water partition coefficient (Wildman–Crippen LogP) is 2.97. The smallest absolute Gasteiger partial charge is 0.0326 e. The maximum absolute atomic E-state index is 3.57. The standard InChI is InChI=1S/C12H17NS/c1-14-8-4-7-12-11-6-3-2-5-10(11)9-13-12/h2-3,5-6,12-13H,4,7-9H2,1H3. The fraction of sp³-hybridized carbons (Fsp3) is 0.500. The Morgan fingerprint density at radius 3 is 3.14 bits per heavy atom. The fourth-order valence-electron chi connectivity index (χ4n) is 2.07. The van der Waals surface area contributed by atoms with Crippen molar-refractivity contribution in [3.63, 3.8) is 0 Å². The summed E-state index contributed by atoms with van der Waals surface area (Å²) in [5, 5.41) is 3.57. The molecule has 0 aliphatic carbocycles. The summed E-state index contributed by atoms with van der Waals surface area (Å²) in [6.45, 7) is 1.06. The van der Waals surface area contributed by atoms with E-state index < -0.39 is 0 Å². The fourth-order valence-corrected chi connectivity index (χ4v) is 2.52. The van der Waals surface area contributed by atoms with Gasteiger partial charge in [0.25, 0.3) is 0 Å². The summed E-state index contributed by atoms with van der Waals surface area (Å²) in [6.07, 6.45) is 4.76. The Hall–Kier alpha value is -0.470. The van der Waals surface area contributed by atoms with E-state index in [1.807, 2.05) is 11.8 Å². The van der Waals surface area contributed by atoms with Gasteiger partial charge in [0, 0.05) is 12.6 Å². The molecule has 0 bridgehead atoms. The highest BCUT2D eigenvalue weighted by Gasteiger charge is 2.19. The van der Waals surface area contributed by atoms with Crippen molar-refractivity contribution in [2.45, 2.75) is 25.4 Å². The van der Waals surface area contributed by atoms with Gasteiger partial charge >= 0.3 is 0 Å². The number of hydrogen-bond acceptors (Lipinski definition) is 2. The van der Waals surface area contributed by atoms with Crippen LogP contribution in [0.4, 0.5) is 0 Å². The maximum atomic E-state index is 3.57. The monoisotopic (exact) mass is 207 g/mol. The van der Waals surface area contributed by atoms with E-state index >= 15 is 0 Å². The van der Waals surface area contributed by atoms with Crippen molar-refractivity contribution in [1.82, 2.24) is 5.32 Å². The molecular weight excluding hydrogens is 190 g/mol. The summed E-state index contributed by atoms with van der Waals surface area (Å²) in [7, 11) is 0. The van der Waals surface area contributed by atoms with Crippen molar-refractivity contribution in [2.75, 3.05) is 12.0 Å². The molecule has 2 heteroatoms. The van der Waals surface area contributed by atoms with Crippen LogP contribution in [0, 0.1) is 0 Å². The third kappa shape index (κ3) is 2.12. The first kappa shape index (κ1) is 10.1. The van der Waals surface area contributed by atoms with Gasteiger partial charge in [0.1, 0.15) is 0 Å². The number of thioether (sulfide) groups is 1. The molecule has 0 amide bonds. The van der Waals surface area contributed by atoms with Crippen LogP contribution in [-0.2, 0) is 6.54 Å². The van der Waals surface area contributed by atoms with Gasteiger partial charge < -0.3 is 5.32 Å². The molecule has 1 N–H and O–H groups in total. The Labute approximate surface area is 90.3 Å². The van der Waals surface area contributed by atoms with Gasteiger partial charge in [-0.3, -0.25) is 0 Å². The zero-order valence-corrected chi connectivity index (χ0v) is 9.44. The topological polar surface area (TPSA) is 12.0 Å². The van der Waals surface area contributed by atoms with E-state index in [9.17, 15) is 0 Å². The van der Waals surface area contributed by atoms with Gasteiger partial charge in [0.05, 0.1) is 0 Å². The molecule has 2 rings (SSSR count). The van der Waals surface area contributed by atoms with Gasteiger partial charge in [0.2, 0.25) is 0 Å². The Balaban J connectivity index is 1.96. The molecule has 14 heavy (non-hydrogen) atoms. The number of hydrogen-bond donors (Lipinski definition) is 1. The van der Waals surface area contributed by atoms with E-state index in [1.165, 1.54) is 29.7 Å². The summed E-state index contributed by atoms with van der Waals surface area (Å²) in [5.41, 5.74) is 3.01. The molecule has 76 valence electrons. The molecule has 0 radical (unpaired) electrons.